The van der Waals surface area contributed by atoms with E-state index in [1.165, 1.54) is 22.9 Å². The van der Waals surface area contributed by atoms with Crippen LogP contribution in [-0.2, 0) is 60.1 Å². The van der Waals surface area contributed by atoms with E-state index in [1.807, 2.05) is 18.2 Å². The van der Waals surface area contributed by atoms with Gasteiger partial charge >= 0.3 is 29.2 Å². The van der Waals surface area contributed by atoms with Gasteiger partial charge in [-0.25, -0.2) is 23.5 Å². The largest absolute Gasteiger partial charge is 0.490 e. The molecular weight excluding hydrogens is 919 g/mol. The fourth-order valence-corrected chi connectivity index (χ4v) is 9.60. The summed E-state index contributed by atoms with van der Waals surface area (Å²) in [6, 6.07) is 5.67. The number of phosphoric ester groups is 1. The molecule has 1 aliphatic heterocycles. The summed E-state index contributed by atoms with van der Waals surface area (Å²) in [7, 11) is -13.8. The van der Waals surface area contributed by atoms with Crippen LogP contribution < -0.4 is 21.9 Å². The van der Waals surface area contributed by atoms with Gasteiger partial charge in [0.2, 0.25) is 11.8 Å². The second kappa shape index (κ2) is 27.5. The predicted octanol–water partition coefficient (Wildman–Crippen LogP) is 0.456. The van der Waals surface area contributed by atoms with Crippen LogP contribution in [-0.4, -0.2) is 142 Å². The monoisotopic (exact) mass is 967 g/mol. The molecule has 344 valence electrons. The summed E-state index contributed by atoms with van der Waals surface area (Å²) < 4.78 is 74.1. The number of nitrogens with one attached hydrogen (secondary N) is 3. The molecule has 0 saturated carbocycles. The quantitative estimate of drug-likeness (QED) is 0.0289. The Hall–Kier alpha value is -2.62. The van der Waals surface area contributed by atoms with Crippen LogP contribution in [0.2, 0.25) is 0 Å². The zero-order valence-electron chi connectivity index (χ0n) is 32.3. The van der Waals surface area contributed by atoms with E-state index in [1.54, 1.807) is 17.0 Å². The number of aliphatic hydroxyl groups excluding tert-OH is 1. The highest BCUT2D eigenvalue weighted by Gasteiger charge is 2.43. The number of ether oxygens (including phenoxy) is 5. The Morgan fingerprint density at radius 2 is 1.56 bits per heavy atom. The zero-order valence-corrected chi connectivity index (χ0v) is 36.6. The van der Waals surface area contributed by atoms with Crippen molar-refractivity contribution in [1.82, 2.24) is 25.2 Å². The number of H-pyrrole nitrogens is 1. The third-order valence-electron chi connectivity index (χ3n) is 7.39. The van der Waals surface area contributed by atoms with Crippen molar-refractivity contribution >= 4 is 62.9 Å². The van der Waals surface area contributed by atoms with E-state index in [-0.39, 0.29) is 56.6 Å². The lowest BCUT2D eigenvalue weighted by molar-refractivity contribution is -0.122. The van der Waals surface area contributed by atoms with Gasteiger partial charge in [0, 0.05) is 50.5 Å². The summed E-state index contributed by atoms with van der Waals surface area (Å²) in [5.74, 6) is 0.283. The Balaban J connectivity index is 1.19. The maximum Gasteiger partial charge on any atom is 0.490 e. The first-order chi connectivity index (χ1) is 28.9. The average molecular weight is 968 g/mol. The minimum atomic E-state index is -5.77. The van der Waals surface area contributed by atoms with Crippen molar-refractivity contribution in [2.24, 2.45) is 0 Å². The smallest absolute Gasteiger partial charge is 0.390 e. The lowest BCUT2D eigenvalue weighted by Gasteiger charge is -2.19. The average Bonchev–Trinajstić information content (AvgIpc) is 3.55. The van der Waals surface area contributed by atoms with Gasteiger partial charge in [0.1, 0.15) is 17.4 Å². The number of aliphatic hydroxyl groups is 1. The number of nitrogens with zero attached hydrogens (tertiary/aromatic N) is 2. The number of pyridine rings is 1. The standard InChI is InChI=1S/C31H48N5O20P3S2/c37-24-20-29(54-25(24)22-53-58(45,46)56-59(47,48)55-57(42,43)44)36-21-23(30(40)35-31(36)41)4-3-9-32-26(38)6-11-49-13-15-51-17-18-52-16-14-50-12-10-33-27(39)7-19-60-61-28-5-1-2-8-34-28/h1-5,8,21,24-25,29,37H,6-7,9-20,22H2,(H,32,38)(H,33,39)(H,45,46)(H,47,48)(H,35,40,41)(H2,42,43,44)/b4-3+/t24?,25-,29-/m1/s1. The number of carbonyl (C=O) groups excluding carboxylic acids is 2. The Labute approximate surface area is 356 Å². The van der Waals surface area contributed by atoms with Crippen molar-refractivity contribution in [3.63, 3.8) is 0 Å². The minimum Gasteiger partial charge on any atom is -0.390 e. The summed E-state index contributed by atoms with van der Waals surface area (Å²) in [4.78, 5) is 91.3. The molecule has 8 N–H and O–H groups in total. The minimum absolute atomic E-state index is 0.0103. The van der Waals surface area contributed by atoms with Crippen molar-refractivity contribution in [2.75, 3.05) is 78.3 Å². The van der Waals surface area contributed by atoms with Crippen molar-refractivity contribution < 1.29 is 84.8 Å². The molecule has 0 bridgehead atoms. The first kappa shape index (κ1) is 52.7. The van der Waals surface area contributed by atoms with Crippen LogP contribution in [0.1, 0.15) is 31.1 Å². The van der Waals surface area contributed by atoms with E-state index < -0.39 is 59.8 Å². The first-order valence-corrected chi connectivity index (χ1v) is 25.0. The van der Waals surface area contributed by atoms with Crippen molar-refractivity contribution in [3.05, 3.63) is 63.1 Å². The van der Waals surface area contributed by atoms with Crippen LogP contribution in [0.3, 0.4) is 0 Å². The molecule has 2 amide bonds. The third-order valence-corrected chi connectivity index (χ3v) is 13.5. The summed E-state index contributed by atoms with van der Waals surface area (Å²) in [6.45, 7) is 1.90. The lowest BCUT2D eigenvalue weighted by atomic mass is 10.2. The van der Waals surface area contributed by atoms with Crippen LogP contribution in [0, 0.1) is 0 Å². The van der Waals surface area contributed by atoms with E-state index >= 15 is 0 Å². The normalized spacial score (nSPS) is 18.8. The van der Waals surface area contributed by atoms with E-state index in [9.17, 15) is 47.8 Å². The van der Waals surface area contributed by atoms with Gasteiger partial charge in [-0.15, -0.1) is 0 Å². The number of carbonyl (C=O) groups is 2. The van der Waals surface area contributed by atoms with Crippen LogP contribution in [0.4, 0.5) is 0 Å². The Kier molecular flexibility index (Phi) is 23.8. The van der Waals surface area contributed by atoms with Gasteiger partial charge in [-0.05, 0) is 22.9 Å². The van der Waals surface area contributed by atoms with E-state index in [2.05, 4.69) is 33.7 Å². The highest BCUT2D eigenvalue weighted by Crippen LogP contribution is 2.66. The van der Waals surface area contributed by atoms with Gasteiger partial charge < -0.3 is 59.0 Å². The molecule has 1 saturated heterocycles. The van der Waals surface area contributed by atoms with E-state index in [0.717, 1.165) is 15.8 Å². The molecule has 5 atom stereocenters. The van der Waals surface area contributed by atoms with Crippen LogP contribution >= 0.6 is 45.1 Å². The van der Waals surface area contributed by atoms with E-state index in [4.69, 9.17) is 33.5 Å². The topological polar surface area (TPSA) is 352 Å². The number of rotatable bonds is 31. The fraction of sp³-hybridized carbons (Fsp3) is 0.581. The Morgan fingerprint density at radius 1 is 0.902 bits per heavy atom. The molecule has 0 aliphatic carbocycles. The van der Waals surface area contributed by atoms with Gasteiger partial charge in [0.05, 0.1) is 71.1 Å². The van der Waals surface area contributed by atoms with Crippen molar-refractivity contribution in [3.8, 4) is 0 Å². The van der Waals surface area contributed by atoms with Crippen molar-refractivity contribution in [1.29, 1.82) is 0 Å². The van der Waals surface area contributed by atoms with Gasteiger partial charge in [0.15, 0.2) is 0 Å². The number of hydrogen-bond acceptors (Lipinski definition) is 19. The highest BCUT2D eigenvalue weighted by molar-refractivity contribution is 8.76. The summed E-state index contributed by atoms with van der Waals surface area (Å²) >= 11 is 0. The second-order valence-corrected chi connectivity index (χ2v) is 19.0. The van der Waals surface area contributed by atoms with Crippen LogP contribution in [0.15, 0.2) is 51.3 Å². The molecule has 0 spiro atoms. The number of hydrogen-bond donors (Lipinski definition) is 8. The van der Waals surface area contributed by atoms with E-state index in [0.29, 0.717) is 51.8 Å². The lowest BCUT2D eigenvalue weighted by Crippen LogP contribution is -2.33. The molecule has 30 heteroatoms. The summed E-state index contributed by atoms with van der Waals surface area (Å²) in [5.41, 5.74) is -1.76. The number of amides is 2. The SMILES string of the molecule is O=C(CCOCCOCCOCCOCCNC(=O)CCSSc1ccccn1)NC/C=C/c1cn([C@H]2CC(O)[C@@H](COP(=O)(O)OP(=O)(O)OP(=O)(O)O)O2)c(=O)[nH]c1=O. The summed E-state index contributed by atoms with van der Waals surface area (Å²) in [6.07, 6.45) is 1.67. The molecule has 0 aromatic carbocycles. The molecule has 2 aromatic heterocycles. The molecule has 1 aliphatic rings. The number of phosphoric acid groups is 3. The molecule has 1 fully saturated rings. The molecule has 3 rings (SSSR count). The molecule has 2 aromatic rings. The van der Waals surface area contributed by atoms with Gasteiger partial charge in [-0.3, -0.25) is 28.5 Å². The molecule has 3 heterocycles. The maximum atomic E-state index is 12.5. The Bertz CT molecular complexity index is 1960. The molecule has 3 unspecified atom stereocenters. The molecular formula is C31H48N5O20P3S2. The van der Waals surface area contributed by atoms with Gasteiger partial charge in [0.25, 0.3) is 5.56 Å². The molecule has 0 radical (unpaired) electrons. The van der Waals surface area contributed by atoms with Gasteiger partial charge in [-0.2, -0.15) is 8.62 Å². The zero-order chi connectivity index (χ0) is 44.7. The number of aromatic nitrogens is 3. The number of aromatic amines is 1. The first-order valence-electron chi connectivity index (χ1n) is 18.1. The van der Waals surface area contributed by atoms with Crippen LogP contribution in [0.25, 0.3) is 6.08 Å². The van der Waals surface area contributed by atoms with Gasteiger partial charge in [-0.1, -0.05) is 29.0 Å². The third kappa shape index (κ3) is 23.0. The van der Waals surface area contributed by atoms with Crippen LogP contribution in [0.5, 0.6) is 0 Å². The molecule has 61 heavy (non-hydrogen) atoms. The highest BCUT2D eigenvalue weighted by atomic mass is 33.1. The van der Waals surface area contributed by atoms with Crippen molar-refractivity contribution in [2.45, 2.75) is 42.7 Å². The Morgan fingerprint density at radius 3 is 2.21 bits per heavy atom. The predicted molar refractivity (Wildman–Crippen MR) is 216 cm³/mol. The fourth-order valence-electron chi connectivity index (χ4n) is 4.70. The second-order valence-electron chi connectivity index (χ2n) is 12.1. The summed E-state index contributed by atoms with van der Waals surface area (Å²) in [5, 5.41) is 16.7. The maximum absolute atomic E-state index is 12.5. The molecule has 25 nitrogen and oxygen atoms in total.